The van der Waals surface area contributed by atoms with Gasteiger partial charge in [-0.1, -0.05) is 24.3 Å². The molecule has 2 rings (SSSR count). The highest BCUT2D eigenvalue weighted by Gasteiger charge is 2.18. The van der Waals surface area contributed by atoms with Crippen molar-refractivity contribution in [2.45, 2.75) is 6.92 Å². The first-order chi connectivity index (χ1) is 6.33. The normalized spacial score (nSPS) is 13.9. The first kappa shape index (κ1) is 8.05. The highest BCUT2D eigenvalue weighted by atomic mass is 16.5. The van der Waals surface area contributed by atoms with Crippen LogP contribution in [0.2, 0.25) is 0 Å². The summed E-state index contributed by atoms with van der Waals surface area (Å²) in [6.07, 6.45) is 1.77. The van der Waals surface area contributed by atoms with Crippen molar-refractivity contribution < 1.29 is 4.74 Å². The molecule has 0 radical (unpaired) electrons. The van der Waals surface area contributed by atoms with Gasteiger partial charge >= 0.3 is 0 Å². The van der Waals surface area contributed by atoms with E-state index in [0.29, 0.717) is 12.3 Å². The van der Waals surface area contributed by atoms with Gasteiger partial charge in [0.1, 0.15) is 5.76 Å². The van der Waals surface area contributed by atoms with Gasteiger partial charge in [-0.3, -0.25) is 0 Å². The fourth-order valence-corrected chi connectivity index (χ4v) is 1.49. The minimum Gasteiger partial charge on any atom is -0.493 e. The van der Waals surface area contributed by atoms with Crippen molar-refractivity contribution in [2.24, 2.45) is 0 Å². The Labute approximate surface area is 77.4 Å². The van der Waals surface area contributed by atoms with E-state index in [1.54, 1.807) is 6.08 Å². The fraction of sp³-hybridized carbons (Fsp3) is 0.182. The summed E-state index contributed by atoms with van der Waals surface area (Å²) in [5, 5.41) is 7.68. The van der Waals surface area contributed by atoms with Gasteiger partial charge < -0.3 is 10.1 Å². The van der Waals surface area contributed by atoms with Gasteiger partial charge in [-0.2, -0.15) is 0 Å². The molecule has 1 aromatic rings. The van der Waals surface area contributed by atoms with Crippen molar-refractivity contribution >= 4 is 11.5 Å². The van der Waals surface area contributed by atoms with Crippen LogP contribution >= 0.6 is 0 Å². The second kappa shape index (κ2) is 3.05. The largest absolute Gasteiger partial charge is 0.493 e. The van der Waals surface area contributed by atoms with E-state index < -0.39 is 0 Å². The molecule has 0 saturated heterocycles. The molecule has 0 saturated carbocycles. The third kappa shape index (κ3) is 1.24. The van der Waals surface area contributed by atoms with Crippen molar-refractivity contribution in [1.82, 2.24) is 0 Å². The molecule has 0 aliphatic heterocycles. The van der Waals surface area contributed by atoms with E-state index in [0.717, 1.165) is 16.9 Å². The third-order valence-corrected chi connectivity index (χ3v) is 2.06. The molecule has 2 heteroatoms. The van der Waals surface area contributed by atoms with Gasteiger partial charge in [0.05, 0.1) is 12.3 Å². The fourth-order valence-electron chi connectivity index (χ4n) is 1.49. The highest BCUT2D eigenvalue weighted by Crippen LogP contribution is 2.27. The van der Waals surface area contributed by atoms with Gasteiger partial charge in [-0.25, -0.2) is 0 Å². The van der Waals surface area contributed by atoms with E-state index in [1.807, 2.05) is 31.2 Å². The molecule has 1 aliphatic rings. The summed E-state index contributed by atoms with van der Waals surface area (Å²) in [5.74, 6) is 0.822. The number of hydrogen-bond donors (Lipinski definition) is 1. The molecule has 0 aromatic heterocycles. The number of rotatable bonds is 2. The first-order valence-corrected chi connectivity index (χ1v) is 4.35. The van der Waals surface area contributed by atoms with Crippen LogP contribution in [-0.2, 0) is 4.74 Å². The Bertz CT molecular complexity index is 379. The van der Waals surface area contributed by atoms with Crippen LogP contribution in [0, 0.1) is 5.41 Å². The average molecular weight is 173 g/mol. The van der Waals surface area contributed by atoms with Crippen LogP contribution in [0.1, 0.15) is 18.1 Å². The zero-order valence-electron chi connectivity index (χ0n) is 7.50. The lowest BCUT2D eigenvalue weighted by Gasteiger charge is -2.04. The summed E-state index contributed by atoms with van der Waals surface area (Å²) in [4.78, 5) is 0. The van der Waals surface area contributed by atoms with Gasteiger partial charge in [0, 0.05) is 17.2 Å². The van der Waals surface area contributed by atoms with Gasteiger partial charge in [0.15, 0.2) is 0 Å². The van der Waals surface area contributed by atoms with Gasteiger partial charge in [0.2, 0.25) is 0 Å². The van der Waals surface area contributed by atoms with Crippen LogP contribution in [-0.4, -0.2) is 12.3 Å². The molecule has 0 amide bonds. The summed E-state index contributed by atoms with van der Waals surface area (Å²) in [6.45, 7) is 2.60. The van der Waals surface area contributed by atoms with Crippen molar-refractivity contribution in [3.8, 4) is 0 Å². The molecule has 1 aliphatic carbocycles. The molecule has 0 atom stereocenters. The van der Waals surface area contributed by atoms with E-state index in [2.05, 4.69) is 0 Å². The maximum Gasteiger partial charge on any atom is 0.129 e. The Hall–Kier alpha value is -1.57. The lowest BCUT2D eigenvalue weighted by Crippen LogP contribution is -1.91. The first-order valence-electron chi connectivity index (χ1n) is 4.35. The highest BCUT2D eigenvalue weighted by molar-refractivity contribution is 6.16. The minimum atomic E-state index is 0.541. The van der Waals surface area contributed by atoms with Crippen LogP contribution < -0.4 is 0 Å². The Morgan fingerprint density at radius 2 is 1.92 bits per heavy atom. The zero-order chi connectivity index (χ0) is 9.26. The molecule has 0 bridgehead atoms. The molecule has 0 spiro atoms. The Balaban J connectivity index is 2.45. The van der Waals surface area contributed by atoms with E-state index in [4.69, 9.17) is 10.1 Å². The topological polar surface area (TPSA) is 33.1 Å². The van der Waals surface area contributed by atoms with Gasteiger partial charge in [0.25, 0.3) is 0 Å². The number of fused-ring (bicyclic) bond motifs is 1. The van der Waals surface area contributed by atoms with E-state index in [-0.39, 0.29) is 0 Å². The van der Waals surface area contributed by atoms with Crippen LogP contribution in [0.4, 0.5) is 0 Å². The molecular weight excluding hydrogens is 162 g/mol. The lowest BCUT2D eigenvalue weighted by atomic mass is 10.1. The van der Waals surface area contributed by atoms with Crippen molar-refractivity contribution in [3.63, 3.8) is 0 Å². The van der Waals surface area contributed by atoms with E-state index in [9.17, 15) is 0 Å². The standard InChI is InChI=1S/C11H11NO/c1-2-13-11-7-10(12)8-5-3-4-6-9(8)11/h3-7,12H,2H2,1H3. The van der Waals surface area contributed by atoms with Gasteiger partial charge in [-0.05, 0) is 6.92 Å². The molecule has 66 valence electrons. The second-order valence-corrected chi connectivity index (χ2v) is 2.90. The zero-order valence-corrected chi connectivity index (χ0v) is 7.50. The Morgan fingerprint density at radius 1 is 1.23 bits per heavy atom. The van der Waals surface area contributed by atoms with Crippen molar-refractivity contribution in [3.05, 3.63) is 41.5 Å². The summed E-state index contributed by atoms with van der Waals surface area (Å²) in [7, 11) is 0. The number of hydrogen-bond acceptors (Lipinski definition) is 2. The Kier molecular flexibility index (Phi) is 1.89. The summed E-state index contributed by atoms with van der Waals surface area (Å²) in [6, 6.07) is 7.83. The summed E-state index contributed by atoms with van der Waals surface area (Å²) < 4.78 is 5.42. The quantitative estimate of drug-likeness (QED) is 0.732. The van der Waals surface area contributed by atoms with E-state index in [1.165, 1.54) is 0 Å². The summed E-state index contributed by atoms with van der Waals surface area (Å²) in [5.41, 5.74) is 2.54. The SMILES string of the molecule is CCOC1=CC(=N)c2ccccc21. The Morgan fingerprint density at radius 3 is 2.62 bits per heavy atom. The molecule has 0 fully saturated rings. The summed E-state index contributed by atoms with van der Waals surface area (Å²) >= 11 is 0. The minimum absolute atomic E-state index is 0.541. The molecule has 1 N–H and O–H groups in total. The predicted octanol–water partition coefficient (Wildman–Crippen LogP) is 2.45. The molecule has 13 heavy (non-hydrogen) atoms. The number of benzene rings is 1. The van der Waals surface area contributed by atoms with Crippen LogP contribution in [0.5, 0.6) is 0 Å². The second-order valence-electron chi connectivity index (χ2n) is 2.90. The predicted molar refractivity (Wildman–Crippen MR) is 52.9 cm³/mol. The molecule has 1 aromatic carbocycles. The van der Waals surface area contributed by atoms with Crippen molar-refractivity contribution in [1.29, 1.82) is 5.41 Å². The average Bonchev–Trinajstić information content (AvgIpc) is 2.46. The number of nitrogens with one attached hydrogen (secondary N) is 1. The molecule has 0 heterocycles. The lowest BCUT2D eigenvalue weighted by molar-refractivity contribution is 0.299. The van der Waals surface area contributed by atoms with Crippen molar-refractivity contribution in [2.75, 3.05) is 6.61 Å². The third-order valence-electron chi connectivity index (χ3n) is 2.06. The molecular formula is C11H11NO. The van der Waals surface area contributed by atoms with Crippen LogP contribution in [0.3, 0.4) is 0 Å². The van der Waals surface area contributed by atoms with E-state index >= 15 is 0 Å². The van der Waals surface area contributed by atoms with Crippen LogP contribution in [0.15, 0.2) is 30.3 Å². The maximum atomic E-state index is 7.68. The monoisotopic (exact) mass is 173 g/mol. The van der Waals surface area contributed by atoms with Gasteiger partial charge in [-0.15, -0.1) is 0 Å². The smallest absolute Gasteiger partial charge is 0.129 e. The van der Waals surface area contributed by atoms with Crippen LogP contribution in [0.25, 0.3) is 5.76 Å². The maximum absolute atomic E-state index is 7.68. The molecule has 2 nitrogen and oxygen atoms in total. The number of allylic oxidation sites excluding steroid dienone is 1. The molecule has 0 unspecified atom stereocenters. The number of ether oxygens (including phenoxy) is 1.